The predicted molar refractivity (Wildman–Crippen MR) is 69.9 cm³/mol. The number of ether oxygens (including phenoxy) is 3. The molecule has 8 heteroatoms. The molecule has 0 radical (unpaired) electrons. The molecule has 1 aromatic carbocycles. The number of hydrogen-bond acceptors (Lipinski definition) is 3. The van der Waals surface area contributed by atoms with Crippen LogP contribution in [0.15, 0.2) is 12.1 Å². The molecule has 0 aliphatic heterocycles. The van der Waals surface area contributed by atoms with E-state index in [9.17, 15) is 13.2 Å². The lowest BCUT2D eigenvalue weighted by Gasteiger charge is -2.15. The van der Waals surface area contributed by atoms with E-state index in [0.29, 0.717) is 22.1 Å². The maximum Gasteiger partial charge on any atom is 0.411 e. The van der Waals surface area contributed by atoms with E-state index in [4.69, 9.17) is 32.7 Å². The minimum Gasteiger partial charge on any atom is -0.493 e. The van der Waals surface area contributed by atoms with E-state index in [1.165, 1.54) is 13.2 Å². The van der Waals surface area contributed by atoms with Crippen LogP contribution in [0.3, 0.4) is 0 Å². The molecule has 114 valence electrons. The lowest BCUT2D eigenvalue weighted by Crippen LogP contribution is -2.19. The van der Waals surface area contributed by atoms with Crippen LogP contribution in [0.5, 0.6) is 11.5 Å². The second-order valence-corrected chi connectivity index (χ2v) is 4.45. The zero-order valence-electron chi connectivity index (χ0n) is 10.6. The van der Waals surface area contributed by atoms with Crippen molar-refractivity contribution in [3.8, 4) is 11.5 Å². The van der Waals surface area contributed by atoms with E-state index >= 15 is 0 Å². The third-order valence-corrected chi connectivity index (χ3v) is 2.71. The van der Waals surface area contributed by atoms with E-state index in [0.717, 1.165) is 0 Å². The standard InChI is InChI=1S/C12H13Cl2F3O3/c1-18-10-5-9(14)4-8(6-13)11(10)20-3-2-19-7-12(15,16)17/h4-5H,2-3,6-7H2,1H3. The van der Waals surface area contributed by atoms with Gasteiger partial charge in [-0.05, 0) is 6.07 Å². The van der Waals surface area contributed by atoms with Crippen molar-refractivity contribution in [2.75, 3.05) is 26.9 Å². The number of rotatable bonds is 7. The number of benzene rings is 1. The summed E-state index contributed by atoms with van der Waals surface area (Å²) in [6.45, 7) is -1.57. The van der Waals surface area contributed by atoms with Crippen molar-refractivity contribution < 1.29 is 27.4 Å². The minimum absolute atomic E-state index is 0.0576. The van der Waals surface area contributed by atoms with Crippen molar-refractivity contribution in [1.82, 2.24) is 0 Å². The first-order chi connectivity index (χ1) is 9.37. The molecular formula is C12H13Cl2F3O3. The largest absolute Gasteiger partial charge is 0.493 e. The van der Waals surface area contributed by atoms with Crippen LogP contribution in [0.2, 0.25) is 5.02 Å². The maximum absolute atomic E-state index is 11.9. The van der Waals surface area contributed by atoms with Crippen molar-refractivity contribution in [3.63, 3.8) is 0 Å². The molecule has 20 heavy (non-hydrogen) atoms. The van der Waals surface area contributed by atoms with E-state index in [-0.39, 0.29) is 19.1 Å². The van der Waals surface area contributed by atoms with Crippen molar-refractivity contribution >= 4 is 23.2 Å². The second kappa shape index (κ2) is 7.81. The Morgan fingerprint density at radius 3 is 2.45 bits per heavy atom. The molecule has 0 saturated heterocycles. The molecule has 0 aliphatic rings. The summed E-state index contributed by atoms with van der Waals surface area (Å²) in [5.74, 6) is 0.849. The fourth-order valence-electron chi connectivity index (χ4n) is 1.43. The Morgan fingerprint density at radius 2 is 1.90 bits per heavy atom. The lowest BCUT2D eigenvalue weighted by atomic mass is 10.2. The Hall–Kier alpha value is -0.850. The fourth-order valence-corrected chi connectivity index (χ4v) is 1.86. The molecule has 1 aromatic rings. The molecule has 3 nitrogen and oxygen atoms in total. The zero-order chi connectivity index (χ0) is 15.2. The van der Waals surface area contributed by atoms with Crippen molar-refractivity contribution in [1.29, 1.82) is 0 Å². The first-order valence-corrected chi connectivity index (χ1v) is 6.48. The summed E-state index contributed by atoms with van der Waals surface area (Å²) in [5, 5.41) is 0.429. The van der Waals surface area contributed by atoms with E-state index < -0.39 is 12.8 Å². The average Bonchev–Trinajstić information content (AvgIpc) is 2.37. The molecular weight excluding hydrogens is 320 g/mol. The number of hydrogen-bond donors (Lipinski definition) is 0. The van der Waals surface area contributed by atoms with Gasteiger partial charge in [0.05, 0.1) is 19.6 Å². The lowest BCUT2D eigenvalue weighted by molar-refractivity contribution is -0.175. The maximum atomic E-state index is 11.9. The SMILES string of the molecule is COc1cc(Cl)cc(CCl)c1OCCOCC(F)(F)F. The van der Waals surface area contributed by atoms with Crippen molar-refractivity contribution in [2.24, 2.45) is 0 Å². The Labute approximate surface area is 124 Å². The van der Waals surface area contributed by atoms with Gasteiger partial charge in [-0.1, -0.05) is 11.6 Å². The van der Waals surface area contributed by atoms with E-state index in [2.05, 4.69) is 4.74 Å². The molecule has 0 heterocycles. The molecule has 0 spiro atoms. The summed E-state index contributed by atoms with van der Waals surface area (Å²) in [6, 6.07) is 3.13. The second-order valence-electron chi connectivity index (χ2n) is 3.75. The summed E-state index contributed by atoms with van der Waals surface area (Å²) >= 11 is 11.6. The highest BCUT2D eigenvalue weighted by atomic mass is 35.5. The molecule has 1 rings (SSSR count). The Kier molecular flexibility index (Phi) is 6.71. The van der Waals surface area contributed by atoms with Gasteiger partial charge in [-0.2, -0.15) is 13.2 Å². The van der Waals surface area contributed by atoms with Crippen LogP contribution in [0.1, 0.15) is 5.56 Å². The Morgan fingerprint density at radius 1 is 1.20 bits per heavy atom. The number of methoxy groups -OCH3 is 1. The van der Waals surface area contributed by atoms with Gasteiger partial charge in [0.25, 0.3) is 0 Å². The van der Waals surface area contributed by atoms with Gasteiger partial charge in [0.1, 0.15) is 13.2 Å². The molecule has 0 amide bonds. The topological polar surface area (TPSA) is 27.7 Å². The molecule has 0 atom stereocenters. The molecule has 0 aliphatic carbocycles. The van der Waals surface area contributed by atoms with Crippen LogP contribution in [0.25, 0.3) is 0 Å². The minimum atomic E-state index is -4.35. The summed E-state index contributed by atoms with van der Waals surface area (Å²) in [4.78, 5) is 0. The van der Waals surface area contributed by atoms with Gasteiger partial charge in [0.2, 0.25) is 0 Å². The van der Waals surface area contributed by atoms with Crippen LogP contribution < -0.4 is 9.47 Å². The Bertz CT molecular complexity index is 413. The van der Waals surface area contributed by atoms with Crippen LogP contribution in [-0.4, -0.2) is 33.1 Å². The van der Waals surface area contributed by atoms with Crippen molar-refractivity contribution in [2.45, 2.75) is 12.1 Å². The molecule has 0 saturated carbocycles. The molecule has 0 fully saturated rings. The smallest absolute Gasteiger partial charge is 0.411 e. The summed E-state index contributed by atoms with van der Waals surface area (Å²) in [6.07, 6.45) is -4.35. The highest BCUT2D eigenvalue weighted by molar-refractivity contribution is 6.31. The first-order valence-electron chi connectivity index (χ1n) is 5.57. The fraction of sp³-hybridized carbons (Fsp3) is 0.500. The summed E-state index contributed by atoms with van der Waals surface area (Å²) < 4.78 is 50.5. The van der Waals surface area contributed by atoms with Crippen LogP contribution in [-0.2, 0) is 10.6 Å². The Balaban J connectivity index is 2.59. The normalized spacial score (nSPS) is 11.5. The molecule has 0 bridgehead atoms. The monoisotopic (exact) mass is 332 g/mol. The summed E-state index contributed by atoms with van der Waals surface area (Å²) in [5.41, 5.74) is 0.590. The van der Waals surface area contributed by atoms with Crippen molar-refractivity contribution in [3.05, 3.63) is 22.7 Å². The highest BCUT2D eigenvalue weighted by Gasteiger charge is 2.27. The van der Waals surface area contributed by atoms with Gasteiger partial charge in [-0.25, -0.2) is 0 Å². The van der Waals surface area contributed by atoms with Gasteiger partial charge in [0, 0.05) is 16.7 Å². The molecule has 0 N–H and O–H groups in total. The van der Waals surface area contributed by atoms with Crippen LogP contribution in [0.4, 0.5) is 13.2 Å². The predicted octanol–water partition coefficient (Wildman–Crippen LogP) is 4.05. The zero-order valence-corrected chi connectivity index (χ0v) is 12.1. The van der Waals surface area contributed by atoms with Gasteiger partial charge in [-0.3, -0.25) is 0 Å². The van der Waals surface area contributed by atoms with Gasteiger partial charge in [0.15, 0.2) is 11.5 Å². The first kappa shape index (κ1) is 17.2. The quantitative estimate of drug-likeness (QED) is 0.557. The van der Waals surface area contributed by atoms with Crippen LogP contribution >= 0.6 is 23.2 Å². The van der Waals surface area contributed by atoms with Gasteiger partial charge >= 0.3 is 6.18 Å². The highest BCUT2D eigenvalue weighted by Crippen LogP contribution is 2.35. The van der Waals surface area contributed by atoms with Crippen LogP contribution in [0, 0.1) is 0 Å². The summed E-state index contributed by atoms with van der Waals surface area (Å²) in [7, 11) is 1.43. The third kappa shape index (κ3) is 5.64. The van der Waals surface area contributed by atoms with Gasteiger partial charge < -0.3 is 14.2 Å². The third-order valence-electron chi connectivity index (χ3n) is 2.20. The van der Waals surface area contributed by atoms with E-state index in [1.54, 1.807) is 6.07 Å². The number of halogens is 5. The molecule has 0 aromatic heterocycles. The van der Waals surface area contributed by atoms with Gasteiger partial charge in [-0.15, -0.1) is 11.6 Å². The van der Waals surface area contributed by atoms with E-state index in [1.807, 2.05) is 0 Å². The average molecular weight is 333 g/mol. The molecule has 0 unspecified atom stereocenters. The number of alkyl halides is 4.